The molecule has 180 valence electrons. The molecule has 34 heavy (non-hydrogen) atoms. The van der Waals surface area contributed by atoms with Gasteiger partial charge in [-0.2, -0.15) is 0 Å². The number of carboxylic acid groups (broad SMARTS) is 1. The number of aliphatic carboxylic acids is 1. The first-order chi connectivity index (χ1) is 16.3. The molecule has 1 fully saturated rings. The Kier molecular flexibility index (Phi) is 7.57. The number of imidazole rings is 1. The van der Waals surface area contributed by atoms with E-state index in [9.17, 15) is 14.7 Å². The van der Waals surface area contributed by atoms with Gasteiger partial charge in [-0.25, -0.2) is 4.98 Å². The fourth-order valence-electron chi connectivity index (χ4n) is 5.00. The van der Waals surface area contributed by atoms with E-state index in [-0.39, 0.29) is 23.7 Å². The van der Waals surface area contributed by atoms with E-state index in [0.717, 1.165) is 30.6 Å². The minimum Gasteiger partial charge on any atom is -0.481 e. The van der Waals surface area contributed by atoms with Gasteiger partial charge in [0, 0.05) is 29.6 Å². The van der Waals surface area contributed by atoms with Crippen LogP contribution in [0.15, 0.2) is 48.7 Å². The molecule has 1 aliphatic carbocycles. The maximum atomic E-state index is 13.2. The highest BCUT2D eigenvalue weighted by Gasteiger charge is 2.28. The zero-order valence-corrected chi connectivity index (χ0v) is 20.5. The van der Waals surface area contributed by atoms with Crippen LogP contribution in [-0.2, 0) is 4.79 Å². The van der Waals surface area contributed by atoms with Gasteiger partial charge >= 0.3 is 5.97 Å². The molecule has 7 heteroatoms. The number of amides is 1. The van der Waals surface area contributed by atoms with Crippen LogP contribution in [0.4, 0.5) is 0 Å². The van der Waals surface area contributed by atoms with E-state index in [4.69, 9.17) is 16.6 Å². The minimum atomic E-state index is -0.707. The Morgan fingerprint density at radius 1 is 1.12 bits per heavy atom. The number of fused-ring (bicyclic) bond motifs is 1. The zero-order valence-electron chi connectivity index (χ0n) is 19.7. The molecule has 0 spiro atoms. The normalized spacial score (nSPS) is 19.3. The monoisotopic (exact) mass is 481 g/mol. The van der Waals surface area contributed by atoms with E-state index in [1.165, 1.54) is 5.56 Å². The lowest BCUT2D eigenvalue weighted by Crippen LogP contribution is -2.30. The van der Waals surface area contributed by atoms with Crippen molar-refractivity contribution in [3.05, 3.63) is 70.6 Å². The molecule has 2 N–H and O–H groups in total. The van der Waals surface area contributed by atoms with Crippen molar-refractivity contribution in [2.24, 2.45) is 11.8 Å². The van der Waals surface area contributed by atoms with Crippen molar-refractivity contribution in [1.82, 2.24) is 14.7 Å². The number of aromatic nitrogens is 2. The van der Waals surface area contributed by atoms with Crippen LogP contribution >= 0.6 is 11.6 Å². The third kappa shape index (κ3) is 5.61. The molecular weight excluding hydrogens is 450 g/mol. The molecule has 0 bridgehead atoms. The summed E-state index contributed by atoms with van der Waals surface area (Å²) in [5, 5.41) is 13.1. The number of halogens is 1. The molecule has 0 radical (unpaired) electrons. The number of pyridine rings is 1. The van der Waals surface area contributed by atoms with Crippen molar-refractivity contribution in [2.75, 3.05) is 6.54 Å². The second kappa shape index (κ2) is 10.6. The minimum absolute atomic E-state index is 0.133. The molecular formula is C27H32ClN3O3. The topological polar surface area (TPSA) is 83.7 Å². The predicted octanol–water partition coefficient (Wildman–Crippen LogP) is 5.91. The lowest BCUT2D eigenvalue weighted by Gasteiger charge is -2.24. The summed E-state index contributed by atoms with van der Waals surface area (Å²) in [6, 6.07) is 13.4. The summed E-state index contributed by atoms with van der Waals surface area (Å²) in [7, 11) is 0. The number of hydrogen-bond acceptors (Lipinski definition) is 3. The third-order valence-electron chi connectivity index (χ3n) is 6.84. The number of nitrogens with zero attached hydrogens (tertiary/aromatic N) is 2. The Morgan fingerprint density at radius 2 is 1.82 bits per heavy atom. The quantitative estimate of drug-likeness (QED) is 0.419. The molecule has 1 saturated carbocycles. The third-order valence-corrected chi connectivity index (χ3v) is 7.10. The summed E-state index contributed by atoms with van der Waals surface area (Å²) in [5.74, 6) is -0.175. The fourth-order valence-corrected chi connectivity index (χ4v) is 5.12. The molecule has 2 aromatic heterocycles. The van der Waals surface area contributed by atoms with E-state index >= 15 is 0 Å². The summed E-state index contributed by atoms with van der Waals surface area (Å²) >= 11 is 6.06. The summed E-state index contributed by atoms with van der Waals surface area (Å²) < 4.78 is 1.85. The summed E-state index contributed by atoms with van der Waals surface area (Å²) in [4.78, 5) is 29.2. The van der Waals surface area contributed by atoms with Gasteiger partial charge in [0.05, 0.1) is 11.6 Å². The molecule has 6 nitrogen and oxygen atoms in total. The van der Waals surface area contributed by atoms with Gasteiger partial charge in [0.15, 0.2) is 0 Å². The molecule has 1 aliphatic rings. The fraction of sp³-hybridized carbons (Fsp3) is 0.444. The molecule has 2 heterocycles. The molecule has 4 rings (SSSR count). The highest BCUT2D eigenvalue weighted by Crippen LogP contribution is 2.35. The molecule has 1 unspecified atom stereocenters. The first-order valence-corrected chi connectivity index (χ1v) is 12.4. The molecule has 0 aliphatic heterocycles. The number of carbonyl (C=O) groups excluding carboxylic acids is 1. The highest BCUT2D eigenvalue weighted by atomic mass is 35.5. The smallest absolute Gasteiger partial charge is 0.306 e. The lowest BCUT2D eigenvalue weighted by atomic mass is 9.81. The van der Waals surface area contributed by atoms with Gasteiger partial charge in [0.1, 0.15) is 11.3 Å². The second-order valence-electron chi connectivity index (χ2n) is 9.78. The average Bonchev–Trinajstić information content (AvgIpc) is 3.26. The van der Waals surface area contributed by atoms with Crippen LogP contribution in [0.1, 0.15) is 79.5 Å². The van der Waals surface area contributed by atoms with Gasteiger partial charge in [-0.1, -0.05) is 43.6 Å². The van der Waals surface area contributed by atoms with Crippen molar-refractivity contribution < 1.29 is 14.7 Å². The van der Waals surface area contributed by atoms with E-state index in [2.05, 4.69) is 19.2 Å². The highest BCUT2D eigenvalue weighted by molar-refractivity contribution is 6.30. The summed E-state index contributed by atoms with van der Waals surface area (Å²) in [6.45, 7) is 4.90. The van der Waals surface area contributed by atoms with Crippen LogP contribution in [0.25, 0.3) is 5.65 Å². The Labute approximate surface area is 205 Å². The Morgan fingerprint density at radius 3 is 2.47 bits per heavy atom. The number of carboxylic acids is 1. The summed E-state index contributed by atoms with van der Waals surface area (Å²) in [6.07, 6.45) is 5.86. The zero-order chi connectivity index (χ0) is 24.2. The number of benzene rings is 1. The molecule has 1 amide bonds. The van der Waals surface area contributed by atoms with Crippen molar-refractivity contribution in [3.63, 3.8) is 0 Å². The van der Waals surface area contributed by atoms with Crippen LogP contribution in [0.3, 0.4) is 0 Å². The summed E-state index contributed by atoms with van der Waals surface area (Å²) in [5.41, 5.74) is 3.38. The Hall–Kier alpha value is -2.86. The number of hydrogen-bond donors (Lipinski definition) is 2. The van der Waals surface area contributed by atoms with Crippen LogP contribution < -0.4 is 5.32 Å². The first kappa shape index (κ1) is 24.3. The van der Waals surface area contributed by atoms with Crippen molar-refractivity contribution in [3.8, 4) is 0 Å². The van der Waals surface area contributed by atoms with Crippen LogP contribution in [0.5, 0.6) is 0 Å². The number of carbonyl (C=O) groups is 2. The molecule has 1 aromatic carbocycles. The average molecular weight is 482 g/mol. The maximum Gasteiger partial charge on any atom is 0.306 e. The van der Waals surface area contributed by atoms with Crippen molar-refractivity contribution >= 4 is 29.1 Å². The molecule has 0 saturated heterocycles. The maximum absolute atomic E-state index is 13.2. The van der Waals surface area contributed by atoms with E-state index in [0.29, 0.717) is 36.0 Å². The molecule has 1 atom stereocenters. The standard InChI is InChI=1S/C27H32ClN3O3/c1-17(2)14-21(18-10-12-22(28)13-11-18)15-29-26(32)24-4-3-5-25-30-23(16-31(24)25)19-6-8-20(9-7-19)27(33)34/h3-5,10-13,16-17,19-21H,6-9,14-15H2,1-2H3,(H,29,32)(H,33,34). The van der Waals surface area contributed by atoms with E-state index in [1.807, 2.05) is 53.1 Å². The van der Waals surface area contributed by atoms with Crippen LogP contribution in [-0.4, -0.2) is 32.9 Å². The van der Waals surface area contributed by atoms with Gasteiger partial charge in [-0.15, -0.1) is 0 Å². The van der Waals surface area contributed by atoms with E-state index < -0.39 is 5.97 Å². The number of rotatable bonds is 8. The largest absolute Gasteiger partial charge is 0.481 e. The van der Waals surface area contributed by atoms with E-state index in [1.54, 1.807) is 0 Å². The van der Waals surface area contributed by atoms with Gasteiger partial charge < -0.3 is 10.4 Å². The molecule has 3 aromatic rings. The Balaban J connectivity index is 1.48. The van der Waals surface area contributed by atoms with Gasteiger partial charge in [0.2, 0.25) is 0 Å². The van der Waals surface area contributed by atoms with Gasteiger partial charge in [0.25, 0.3) is 5.91 Å². The number of nitrogens with one attached hydrogen (secondary N) is 1. The van der Waals surface area contributed by atoms with Crippen molar-refractivity contribution in [2.45, 2.75) is 57.8 Å². The van der Waals surface area contributed by atoms with Crippen LogP contribution in [0, 0.1) is 11.8 Å². The van der Waals surface area contributed by atoms with Crippen LogP contribution in [0.2, 0.25) is 5.02 Å². The van der Waals surface area contributed by atoms with Gasteiger partial charge in [-0.3, -0.25) is 14.0 Å². The van der Waals surface area contributed by atoms with Crippen molar-refractivity contribution in [1.29, 1.82) is 0 Å². The lowest BCUT2D eigenvalue weighted by molar-refractivity contribution is -0.142. The second-order valence-corrected chi connectivity index (χ2v) is 10.2. The predicted molar refractivity (Wildman–Crippen MR) is 134 cm³/mol. The Bertz CT molecular complexity index is 1150. The first-order valence-electron chi connectivity index (χ1n) is 12.1. The SMILES string of the molecule is CC(C)CC(CNC(=O)c1cccc2nc(C3CCC(C(=O)O)CC3)cn12)c1ccc(Cl)cc1. The van der Waals surface area contributed by atoms with Gasteiger partial charge in [-0.05, 0) is 67.9 Å².